The number of aliphatic carboxylic acids is 1. The minimum Gasteiger partial charge on any atom is -0.481 e. The Morgan fingerprint density at radius 1 is 1.06 bits per heavy atom. The molecule has 1 saturated heterocycles. The summed E-state index contributed by atoms with van der Waals surface area (Å²) in [6.45, 7) is 2.57. The van der Waals surface area contributed by atoms with Gasteiger partial charge in [0.2, 0.25) is 0 Å². The van der Waals surface area contributed by atoms with Crippen molar-refractivity contribution in [3.8, 4) is 11.4 Å². The molecule has 2 aromatic heterocycles. The highest BCUT2D eigenvalue weighted by atomic mass is 16.4. The zero-order valence-electron chi connectivity index (χ0n) is 17.1. The van der Waals surface area contributed by atoms with Crippen molar-refractivity contribution >= 4 is 27.9 Å². The average Bonchev–Trinajstić information content (AvgIpc) is 3.20. The third-order valence-electron chi connectivity index (χ3n) is 6.21. The van der Waals surface area contributed by atoms with E-state index < -0.39 is 5.97 Å². The third kappa shape index (κ3) is 3.96. The number of carboxylic acids is 1. The smallest absolute Gasteiger partial charge is 0.306 e. The monoisotopic (exact) mass is 416 g/mol. The lowest BCUT2D eigenvalue weighted by Gasteiger charge is -2.29. The summed E-state index contributed by atoms with van der Waals surface area (Å²) in [5.74, 6) is -0.311. The maximum absolute atomic E-state index is 12.6. The number of nitrogens with one attached hydrogen (secondary N) is 2. The summed E-state index contributed by atoms with van der Waals surface area (Å²) >= 11 is 0. The molecule has 1 fully saturated rings. The molecule has 1 aliphatic heterocycles. The topological polar surface area (TPSA) is 102 Å². The van der Waals surface area contributed by atoms with E-state index in [0.29, 0.717) is 11.4 Å². The molecule has 7 heteroatoms. The Morgan fingerprint density at radius 3 is 2.68 bits per heavy atom. The predicted molar refractivity (Wildman–Crippen MR) is 120 cm³/mol. The molecule has 5 rings (SSSR count). The van der Waals surface area contributed by atoms with Gasteiger partial charge in [0, 0.05) is 12.1 Å². The molecule has 0 radical (unpaired) electrons. The molecule has 0 unspecified atom stereocenters. The summed E-state index contributed by atoms with van der Waals surface area (Å²) in [7, 11) is 0. The number of hydrogen-bond donors (Lipinski definition) is 3. The fraction of sp³-hybridized carbons (Fsp3) is 0.292. The van der Waals surface area contributed by atoms with Crippen molar-refractivity contribution < 1.29 is 9.90 Å². The number of carbonyl (C=O) groups is 1. The van der Waals surface area contributed by atoms with Crippen LogP contribution in [0.15, 0.2) is 53.3 Å². The van der Waals surface area contributed by atoms with Gasteiger partial charge < -0.3 is 20.0 Å². The van der Waals surface area contributed by atoms with Crippen LogP contribution in [0.25, 0.3) is 33.3 Å². The number of nitrogens with zero attached hydrogens (tertiary/aromatic N) is 2. The molecule has 0 saturated carbocycles. The highest BCUT2D eigenvalue weighted by Crippen LogP contribution is 2.22. The van der Waals surface area contributed by atoms with Crippen LogP contribution in [0.4, 0.5) is 0 Å². The summed E-state index contributed by atoms with van der Waals surface area (Å²) < 4.78 is 0. The zero-order chi connectivity index (χ0) is 21.4. The van der Waals surface area contributed by atoms with Crippen molar-refractivity contribution in [2.45, 2.75) is 19.3 Å². The van der Waals surface area contributed by atoms with Crippen molar-refractivity contribution in [3.05, 3.63) is 64.4 Å². The predicted octanol–water partition coefficient (Wildman–Crippen LogP) is 3.41. The number of pyridine rings is 1. The van der Waals surface area contributed by atoms with Crippen molar-refractivity contribution in [1.29, 1.82) is 0 Å². The summed E-state index contributed by atoms with van der Waals surface area (Å²) in [6, 6.07) is 15.7. The lowest BCUT2D eigenvalue weighted by molar-refractivity contribution is -0.143. The molecular formula is C24H24N4O3. The maximum atomic E-state index is 12.6. The first kappa shape index (κ1) is 19.5. The van der Waals surface area contributed by atoms with E-state index in [9.17, 15) is 9.59 Å². The molecule has 3 N–H and O–H groups in total. The third-order valence-corrected chi connectivity index (χ3v) is 6.21. The van der Waals surface area contributed by atoms with Crippen molar-refractivity contribution in [3.63, 3.8) is 0 Å². The molecule has 7 nitrogen and oxygen atoms in total. The van der Waals surface area contributed by atoms with Gasteiger partial charge in [-0.05, 0) is 67.6 Å². The van der Waals surface area contributed by atoms with Gasteiger partial charge in [-0.1, -0.05) is 24.3 Å². The molecule has 2 aromatic carbocycles. The van der Waals surface area contributed by atoms with Gasteiger partial charge >= 0.3 is 5.97 Å². The number of likely N-dealkylation sites (tertiary alicyclic amines) is 1. The molecule has 0 aliphatic carbocycles. The second kappa shape index (κ2) is 8.00. The molecule has 31 heavy (non-hydrogen) atoms. The number of aromatic amines is 2. The lowest BCUT2D eigenvalue weighted by atomic mass is 9.97. The fourth-order valence-electron chi connectivity index (χ4n) is 4.35. The summed E-state index contributed by atoms with van der Waals surface area (Å²) in [5, 5.41) is 10.1. The lowest BCUT2D eigenvalue weighted by Crippen LogP contribution is -2.37. The number of fused-ring (bicyclic) bond motifs is 2. The quantitative estimate of drug-likeness (QED) is 0.463. The van der Waals surface area contributed by atoms with Gasteiger partial charge in [0.1, 0.15) is 5.82 Å². The largest absolute Gasteiger partial charge is 0.481 e. The molecule has 0 atom stereocenters. The molecule has 0 bridgehead atoms. The van der Waals surface area contributed by atoms with Gasteiger partial charge in [-0.15, -0.1) is 0 Å². The second-order valence-electron chi connectivity index (χ2n) is 8.24. The van der Waals surface area contributed by atoms with Gasteiger partial charge in [-0.25, -0.2) is 4.98 Å². The van der Waals surface area contributed by atoms with Gasteiger partial charge in [0.05, 0.1) is 22.5 Å². The van der Waals surface area contributed by atoms with Gasteiger partial charge in [-0.3, -0.25) is 9.59 Å². The number of rotatable bonds is 5. The number of H-pyrrole nitrogens is 2. The summed E-state index contributed by atoms with van der Waals surface area (Å²) in [4.78, 5) is 36.8. The minimum absolute atomic E-state index is 0.164. The van der Waals surface area contributed by atoms with E-state index >= 15 is 0 Å². The summed E-state index contributed by atoms with van der Waals surface area (Å²) in [5.41, 5.74) is 4.09. The Hall–Kier alpha value is -3.45. The van der Waals surface area contributed by atoms with Crippen LogP contribution in [0.2, 0.25) is 0 Å². The van der Waals surface area contributed by atoms with Crippen LogP contribution in [0.1, 0.15) is 18.4 Å². The van der Waals surface area contributed by atoms with Crippen molar-refractivity contribution in [2.75, 3.05) is 19.6 Å². The van der Waals surface area contributed by atoms with E-state index in [4.69, 9.17) is 5.11 Å². The fourth-order valence-corrected chi connectivity index (χ4v) is 4.35. The second-order valence-corrected chi connectivity index (χ2v) is 8.24. The van der Waals surface area contributed by atoms with Crippen LogP contribution in [-0.4, -0.2) is 50.6 Å². The number of imidazole rings is 1. The Balaban J connectivity index is 1.33. The Bertz CT molecular complexity index is 1320. The van der Waals surface area contributed by atoms with Crippen LogP contribution in [0.5, 0.6) is 0 Å². The molecule has 158 valence electrons. The first-order valence-corrected chi connectivity index (χ1v) is 10.6. The molecule has 4 aromatic rings. The highest BCUT2D eigenvalue weighted by Gasteiger charge is 2.24. The number of para-hydroxylation sites is 1. The van der Waals surface area contributed by atoms with Crippen LogP contribution < -0.4 is 5.56 Å². The van der Waals surface area contributed by atoms with Crippen LogP contribution in [0.3, 0.4) is 0 Å². The first-order chi connectivity index (χ1) is 15.1. The van der Waals surface area contributed by atoms with Gasteiger partial charge in [0.15, 0.2) is 0 Å². The van der Waals surface area contributed by atoms with Crippen LogP contribution in [-0.2, 0) is 11.2 Å². The van der Waals surface area contributed by atoms with E-state index in [1.807, 2.05) is 36.4 Å². The number of aromatic nitrogens is 3. The first-order valence-electron chi connectivity index (χ1n) is 10.6. The normalized spacial score (nSPS) is 15.6. The zero-order valence-corrected chi connectivity index (χ0v) is 17.1. The van der Waals surface area contributed by atoms with Crippen LogP contribution >= 0.6 is 0 Å². The van der Waals surface area contributed by atoms with Gasteiger partial charge in [0.25, 0.3) is 5.56 Å². The van der Waals surface area contributed by atoms with E-state index in [1.165, 1.54) is 5.56 Å². The Morgan fingerprint density at radius 2 is 1.87 bits per heavy atom. The molecular weight excluding hydrogens is 392 g/mol. The van der Waals surface area contributed by atoms with Gasteiger partial charge in [-0.2, -0.15) is 0 Å². The highest BCUT2D eigenvalue weighted by molar-refractivity contribution is 5.85. The standard InChI is InChI=1S/C24H24N4O3/c29-23-18(14-17-3-1-2-4-19(17)27-23)22-25-20-6-5-15(13-21(20)26-22)7-10-28-11-8-16(9-12-28)24(30)31/h1-6,13-14,16H,7-12H2,(H,25,26)(H,27,29)(H,30,31). The minimum atomic E-state index is -0.676. The number of piperidine rings is 1. The Kier molecular flexibility index (Phi) is 5.03. The van der Waals surface area contributed by atoms with E-state index in [-0.39, 0.29) is 11.5 Å². The SMILES string of the molecule is O=C(O)C1CCN(CCc2ccc3nc(-c4cc5ccccc5[nH]c4=O)[nH]c3c2)CC1. The number of benzene rings is 2. The van der Waals surface area contributed by atoms with E-state index in [0.717, 1.165) is 60.8 Å². The molecule has 0 amide bonds. The molecule has 3 heterocycles. The van der Waals surface area contributed by atoms with E-state index in [2.05, 4.69) is 32.0 Å². The average molecular weight is 416 g/mol. The number of carboxylic acid groups (broad SMARTS) is 1. The van der Waals surface area contributed by atoms with Crippen LogP contribution in [0, 0.1) is 5.92 Å². The van der Waals surface area contributed by atoms with E-state index in [1.54, 1.807) is 0 Å². The summed E-state index contributed by atoms with van der Waals surface area (Å²) in [6.07, 6.45) is 2.33. The van der Waals surface area contributed by atoms with Crippen molar-refractivity contribution in [2.24, 2.45) is 5.92 Å². The number of hydrogen-bond acceptors (Lipinski definition) is 4. The molecule has 1 aliphatic rings. The maximum Gasteiger partial charge on any atom is 0.306 e. The Labute approximate surface area is 178 Å². The van der Waals surface area contributed by atoms with Crippen molar-refractivity contribution in [1.82, 2.24) is 19.9 Å². The molecule has 0 spiro atoms.